The molecular formula is C8H13F3O2. The standard InChI is InChI=1S/C8H13F3O2/c9-8(10,11)4-5-13-7-3-1-2-6(7)12/h6-7,12H,1-5H2. The minimum atomic E-state index is -4.16. The molecular weight excluding hydrogens is 185 g/mol. The Morgan fingerprint density at radius 1 is 1.31 bits per heavy atom. The largest absolute Gasteiger partial charge is 0.391 e. The Morgan fingerprint density at radius 3 is 2.46 bits per heavy atom. The van der Waals surface area contributed by atoms with E-state index in [1.807, 2.05) is 0 Å². The van der Waals surface area contributed by atoms with Crippen molar-refractivity contribution >= 4 is 0 Å². The molecule has 2 unspecified atom stereocenters. The molecule has 1 aliphatic carbocycles. The lowest BCUT2D eigenvalue weighted by Gasteiger charge is -2.15. The second kappa shape index (κ2) is 4.28. The van der Waals surface area contributed by atoms with Gasteiger partial charge in [0.25, 0.3) is 0 Å². The van der Waals surface area contributed by atoms with E-state index in [-0.39, 0.29) is 12.7 Å². The molecule has 78 valence electrons. The summed E-state index contributed by atoms with van der Waals surface area (Å²) < 4.78 is 40.0. The van der Waals surface area contributed by atoms with E-state index in [2.05, 4.69) is 0 Å². The Balaban J connectivity index is 2.12. The molecule has 1 rings (SSSR count). The van der Waals surface area contributed by atoms with E-state index in [1.54, 1.807) is 0 Å². The van der Waals surface area contributed by atoms with Gasteiger partial charge in [-0.1, -0.05) is 0 Å². The molecule has 0 spiro atoms. The Bertz CT molecular complexity index is 158. The summed E-state index contributed by atoms with van der Waals surface area (Å²) in [6.45, 7) is -0.342. The predicted octanol–water partition coefficient (Wildman–Crippen LogP) is 1.87. The first-order chi connectivity index (χ1) is 5.99. The quantitative estimate of drug-likeness (QED) is 0.750. The van der Waals surface area contributed by atoms with Crippen molar-refractivity contribution in [2.75, 3.05) is 6.61 Å². The number of aliphatic hydroxyl groups is 1. The van der Waals surface area contributed by atoms with Crippen LogP contribution >= 0.6 is 0 Å². The highest BCUT2D eigenvalue weighted by Gasteiger charge is 2.30. The zero-order valence-electron chi connectivity index (χ0n) is 7.18. The highest BCUT2D eigenvalue weighted by molar-refractivity contribution is 4.76. The molecule has 13 heavy (non-hydrogen) atoms. The molecule has 5 heteroatoms. The van der Waals surface area contributed by atoms with Crippen LogP contribution in [0.4, 0.5) is 13.2 Å². The van der Waals surface area contributed by atoms with Crippen molar-refractivity contribution in [3.63, 3.8) is 0 Å². The van der Waals surface area contributed by atoms with Gasteiger partial charge in [-0.3, -0.25) is 0 Å². The molecule has 1 saturated carbocycles. The van der Waals surface area contributed by atoms with Crippen LogP contribution < -0.4 is 0 Å². The molecule has 2 atom stereocenters. The molecule has 0 aromatic rings. The maximum Gasteiger partial charge on any atom is 0.391 e. The topological polar surface area (TPSA) is 29.5 Å². The maximum absolute atomic E-state index is 11.7. The number of hydrogen-bond acceptors (Lipinski definition) is 2. The lowest BCUT2D eigenvalue weighted by molar-refractivity contribution is -0.152. The van der Waals surface area contributed by atoms with Crippen LogP contribution in [0.25, 0.3) is 0 Å². The van der Waals surface area contributed by atoms with Gasteiger partial charge in [0.05, 0.1) is 25.2 Å². The Labute approximate surface area is 74.7 Å². The van der Waals surface area contributed by atoms with Crippen LogP contribution in [0.3, 0.4) is 0 Å². The molecule has 0 aliphatic heterocycles. The van der Waals surface area contributed by atoms with Crippen molar-refractivity contribution in [3.05, 3.63) is 0 Å². The molecule has 1 fully saturated rings. The van der Waals surface area contributed by atoms with Crippen LogP contribution in [-0.2, 0) is 4.74 Å². The fourth-order valence-electron chi connectivity index (χ4n) is 1.43. The van der Waals surface area contributed by atoms with Crippen molar-refractivity contribution in [2.24, 2.45) is 0 Å². The van der Waals surface area contributed by atoms with Crippen LogP contribution in [-0.4, -0.2) is 30.1 Å². The van der Waals surface area contributed by atoms with Crippen molar-refractivity contribution in [2.45, 2.75) is 44.1 Å². The second-order valence-electron chi connectivity index (χ2n) is 3.27. The number of ether oxygens (including phenoxy) is 1. The van der Waals surface area contributed by atoms with E-state index in [4.69, 9.17) is 4.74 Å². The summed E-state index contributed by atoms with van der Waals surface area (Å²) in [6, 6.07) is 0. The first kappa shape index (κ1) is 10.8. The SMILES string of the molecule is OC1CCCC1OCCC(F)(F)F. The van der Waals surface area contributed by atoms with E-state index in [0.717, 1.165) is 6.42 Å². The van der Waals surface area contributed by atoms with Gasteiger partial charge in [0.15, 0.2) is 0 Å². The van der Waals surface area contributed by atoms with Crippen molar-refractivity contribution in [1.82, 2.24) is 0 Å². The lowest BCUT2D eigenvalue weighted by atomic mass is 10.2. The van der Waals surface area contributed by atoms with Gasteiger partial charge in [0.2, 0.25) is 0 Å². The third-order valence-electron chi connectivity index (χ3n) is 2.14. The summed E-state index contributed by atoms with van der Waals surface area (Å²) in [6.07, 6.45) is -3.93. The van der Waals surface area contributed by atoms with Gasteiger partial charge in [-0.15, -0.1) is 0 Å². The molecule has 1 N–H and O–H groups in total. The minimum absolute atomic E-state index is 0.342. The predicted molar refractivity (Wildman–Crippen MR) is 40.3 cm³/mol. The summed E-state index contributed by atoms with van der Waals surface area (Å²) >= 11 is 0. The van der Waals surface area contributed by atoms with Gasteiger partial charge < -0.3 is 9.84 Å². The number of alkyl halides is 3. The second-order valence-corrected chi connectivity index (χ2v) is 3.27. The van der Waals surface area contributed by atoms with Crippen LogP contribution in [0.1, 0.15) is 25.7 Å². The number of aliphatic hydroxyl groups excluding tert-OH is 1. The third-order valence-corrected chi connectivity index (χ3v) is 2.14. The van der Waals surface area contributed by atoms with E-state index in [1.165, 1.54) is 0 Å². The highest BCUT2D eigenvalue weighted by atomic mass is 19.4. The maximum atomic E-state index is 11.7. The van der Waals surface area contributed by atoms with E-state index in [9.17, 15) is 18.3 Å². The summed E-state index contributed by atoms with van der Waals surface area (Å²) in [5.41, 5.74) is 0. The molecule has 0 aromatic carbocycles. The Kier molecular flexibility index (Phi) is 3.55. The van der Waals surface area contributed by atoms with E-state index >= 15 is 0 Å². The van der Waals surface area contributed by atoms with Gasteiger partial charge in [0, 0.05) is 0 Å². The van der Waals surface area contributed by atoms with E-state index in [0.29, 0.717) is 12.8 Å². The Hall–Kier alpha value is -0.290. The van der Waals surface area contributed by atoms with Gasteiger partial charge in [-0.25, -0.2) is 0 Å². The van der Waals surface area contributed by atoms with Crippen LogP contribution in [0, 0.1) is 0 Å². The zero-order valence-corrected chi connectivity index (χ0v) is 7.18. The normalized spacial score (nSPS) is 29.5. The molecule has 1 aliphatic rings. The van der Waals surface area contributed by atoms with Gasteiger partial charge in [-0.05, 0) is 19.3 Å². The Morgan fingerprint density at radius 2 is 2.00 bits per heavy atom. The first-order valence-electron chi connectivity index (χ1n) is 4.35. The van der Waals surface area contributed by atoms with Crippen LogP contribution in [0.2, 0.25) is 0 Å². The molecule has 0 aromatic heterocycles. The third kappa shape index (κ3) is 3.95. The van der Waals surface area contributed by atoms with Gasteiger partial charge in [-0.2, -0.15) is 13.2 Å². The number of halogens is 3. The van der Waals surface area contributed by atoms with Gasteiger partial charge in [0.1, 0.15) is 0 Å². The molecule has 0 heterocycles. The monoisotopic (exact) mass is 198 g/mol. The number of hydrogen-bond donors (Lipinski definition) is 1. The lowest BCUT2D eigenvalue weighted by Crippen LogP contribution is -2.24. The van der Waals surface area contributed by atoms with Crippen LogP contribution in [0.5, 0.6) is 0 Å². The smallest absolute Gasteiger partial charge is 0.390 e. The number of rotatable bonds is 3. The minimum Gasteiger partial charge on any atom is -0.390 e. The van der Waals surface area contributed by atoms with Crippen molar-refractivity contribution in [3.8, 4) is 0 Å². The highest BCUT2D eigenvalue weighted by Crippen LogP contribution is 2.24. The zero-order chi connectivity index (χ0) is 9.90. The molecule has 2 nitrogen and oxygen atoms in total. The fourth-order valence-corrected chi connectivity index (χ4v) is 1.43. The average Bonchev–Trinajstić information content (AvgIpc) is 2.34. The molecule has 0 bridgehead atoms. The summed E-state index contributed by atoms with van der Waals surface area (Å²) in [7, 11) is 0. The summed E-state index contributed by atoms with van der Waals surface area (Å²) in [4.78, 5) is 0. The van der Waals surface area contributed by atoms with Crippen LogP contribution in [0.15, 0.2) is 0 Å². The fraction of sp³-hybridized carbons (Fsp3) is 1.00. The molecule has 0 radical (unpaired) electrons. The average molecular weight is 198 g/mol. The summed E-state index contributed by atoms with van der Waals surface area (Å²) in [5, 5.41) is 9.21. The van der Waals surface area contributed by atoms with Crippen molar-refractivity contribution < 1.29 is 23.0 Å². The first-order valence-corrected chi connectivity index (χ1v) is 4.35. The van der Waals surface area contributed by atoms with E-state index < -0.39 is 18.7 Å². The molecule has 0 amide bonds. The van der Waals surface area contributed by atoms with Gasteiger partial charge >= 0.3 is 6.18 Å². The summed E-state index contributed by atoms with van der Waals surface area (Å²) in [5.74, 6) is 0. The van der Waals surface area contributed by atoms with Crippen molar-refractivity contribution in [1.29, 1.82) is 0 Å². The molecule has 0 saturated heterocycles.